The second-order valence-corrected chi connectivity index (χ2v) is 5.74. The predicted molar refractivity (Wildman–Crippen MR) is 81.3 cm³/mol. The monoisotopic (exact) mass is 275 g/mol. The minimum absolute atomic E-state index is 0.0135. The maximum atomic E-state index is 12.0. The van der Waals surface area contributed by atoms with Crippen LogP contribution < -0.4 is 5.32 Å². The topological polar surface area (TPSA) is 46.9 Å². The van der Waals surface area contributed by atoms with E-state index in [1.54, 1.807) is 6.08 Å². The van der Waals surface area contributed by atoms with Crippen LogP contribution in [0, 0.1) is 13.8 Å². The van der Waals surface area contributed by atoms with Crippen LogP contribution in [-0.2, 0) is 11.8 Å². The first kappa shape index (κ1) is 14.8. The number of carbonyl (C=O) groups is 1. The number of aryl methyl sites for hydroxylation is 2. The molecule has 4 nitrogen and oxygen atoms in total. The maximum absolute atomic E-state index is 12.0. The van der Waals surface area contributed by atoms with Crippen molar-refractivity contribution >= 4 is 12.0 Å². The summed E-state index contributed by atoms with van der Waals surface area (Å²) in [7, 11) is 1.92. The van der Waals surface area contributed by atoms with E-state index in [-0.39, 0.29) is 5.91 Å². The Bertz CT molecular complexity index is 494. The van der Waals surface area contributed by atoms with Crippen LogP contribution in [0.3, 0.4) is 0 Å². The average molecular weight is 275 g/mol. The lowest BCUT2D eigenvalue weighted by molar-refractivity contribution is -0.117. The van der Waals surface area contributed by atoms with E-state index in [0.717, 1.165) is 29.8 Å². The summed E-state index contributed by atoms with van der Waals surface area (Å²) in [5.74, 6) is 0.0135. The van der Waals surface area contributed by atoms with E-state index < -0.39 is 0 Å². The number of hydrogen-bond acceptors (Lipinski definition) is 2. The van der Waals surface area contributed by atoms with E-state index >= 15 is 0 Å². The molecule has 0 unspecified atom stereocenters. The Kier molecular flexibility index (Phi) is 4.99. The van der Waals surface area contributed by atoms with Crippen molar-refractivity contribution in [3.05, 3.63) is 23.0 Å². The maximum Gasteiger partial charge on any atom is 0.244 e. The molecule has 0 spiro atoms. The molecule has 0 aromatic carbocycles. The highest BCUT2D eigenvalue weighted by Crippen LogP contribution is 2.17. The van der Waals surface area contributed by atoms with Gasteiger partial charge in [-0.2, -0.15) is 5.10 Å². The molecule has 110 valence electrons. The van der Waals surface area contributed by atoms with Gasteiger partial charge in [-0.3, -0.25) is 9.48 Å². The first-order valence-electron chi connectivity index (χ1n) is 7.56. The van der Waals surface area contributed by atoms with Gasteiger partial charge in [-0.25, -0.2) is 0 Å². The molecule has 0 atom stereocenters. The van der Waals surface area contributed by atoms with Crippen molar-refractivity contribution in [2.45, 2.75) is 58.4 Å². The van der Waals surface area contributed by atoms with E-state index in [9.17, 15) is 4.79 Å². The van der Waals surface area contributed by atoms with Gasteiger partial charge in [0.05, 0.1) is 5.69 Å². The highest BCUT2D eigenvalue weighted by molar-refractivity contribution is 5.92. The Labute approximate surface area is 121 Å². The van der Waals surface area contributed by atoms with Crippen LogP contribution in [-0.4, -0.2) is 21.7 Å². The summed E-state index contributed by atoms with van der Waals surface area (Å²) in [5.41, 5.74) is 3.09. The van der Waals surface area contributed by atoms with Crippen LogP contribution in [0.5, 0.6) is 0 Å². The summed E-state index contributed by atoms with van der Waals surface area (Å²) in [6, 6.07) is 0.353. The van der Waals surface area contributed by atoms with Crippen molar-refractivity contribution in [2.75, 3.05) is 0 Å². The third kappa shape index (κ3) is 3.71. The standard InChI is InChI=1S/C16H25N3O/c1-12-15(13(2)19(3)18-12)10-11-16(20)17-14-8-6-4-5-7-9-14/h10-11,14H,4-9H2,1-3H3,(H,17,20)/b11-10+. The van der Waals surface area contributed by atoms with Crippen molar-refractivity contribution in [2.24, 2.45) is 7.05 Å². The van der Waals surface area contributed by atoms with Gasteiger partial charge in [0.1, 0.15) is 0 Å². The van der Waals surface area contributed by atoms with Gasteiger partial charge >= 0.3 is 0 Å². The number of rotatable bonds is 3. The zero-order valence-electron chi connectivity index (χ0n) is 12.8. The largest absolute Gasteiger partial charge is 0.350 e. The van der Waals surface area contributed by atoms with Gasteiger partial charge in [-0.15, -0.1) is 0 Å². The molecular formula is C16H25N3O. The number of carbonyl (C=O) groups excluding carboxylic acids is 1. The van der Waals surface area contributed by atoms with Crippen LogP contribution in [0.4, 0.5) is 0 Å². The number of nitrogens with zero attached hydrogens (tertiary/aromatic N) is 2. The number of nitrogens with one attached hydrogen (secondary N) is 1. The summed E-state index contributed by atoms with van der Waals surface area (Å²) in [5, 5.41) is 7.47. The molecule has 1 aromatic heterocycles. The Hall–Kier alpha value is -1.58. The molecule has 1 aliphatic carbocycles. The van der Waals surface area contributed by atoms with Crippen LogP contribution in [0.1, 0.15) is 55.5 Å². The van der Waals surface area contributed by atoms with Gasteiger partial charge in [-0.1, -0.05) is 25.7 Å². The third-order valence-corrected chi connectivity index (χ3v) is 4.17. The normalized spacial score (nSPS) is 17.4. The fourth-order valence-electron chi connectivity index (χ4n) is 2.86. The minimum Gasteiger partial charge on any atom is -0.350 e. The second-order valence-electron chi connectivity index (χ2n) is 5.74. The molecule has 0 aliphatic heterocycles. The van der Waals surface area contributed by atoms with Crippen LogP contribution in [0.15, 0.2) is 6.08 Å². The first-order chi connectivity index (χ1) is 9.58. The molecule has 0 saturated heterocycles. The van der Waals surface area contributed by atoms with Crippen molar-refractivity contribution in [3.63, 3.8) is 0 Å². The number of aromatic nitrogens is 2. The van der Waals surface area contributed by atoms with E-state index in [4.69, 9.17) is 0 Å². The fourth-order valence-corrected chi connectivity index (χ4v) is 2.86. The molecule has 1 N–H and O–H groups in total. The predicted octanol–water partition coefficient (Wildman–Crippen LogP) is 2.89. The van der Waals surface area contributed by atoms with Gasteiger partial charge < -0.3 is 5.32 Å². The molecule has 1 aromatic rings. The van der Waals surface area contributed by atoms with Crippen molar-refractivity contribution < 1.29 is 4.79 Å². The van der Waals surface area contributed by atoms with Crippen molar-refractivity contribution in [1.29, 1.82) is 0 Å². The van der Waals surface area contributed by atoms with E-state index in [0.29, 0.717) is 6.04 Å². The van der Waals surface area contributed by atoms with Gasteiger partial charge in [0, 0.05) is 30.4 Å². The Morgan fingerprint density at radius 3 is 2.45 bits per heavy atom. The molecule has 0 bridgehead atoms. The number of amides is 1. The van der Waals surface area contributed by atoms with Gasteiger partial charge in [-0.05, 0) is 32.8 Å². The molecule has 4 heteroatoms. The van der Waals surface area contributed by atoms with Crippen LogP contribution in [0.25, 0.3) is 6.08 Å². The Morgan fingerprint density at radius 2 is 1.90 bits per heavy atom. The lowest BCUT2D eigenvalue weighted by Crippen LogP contribution is -2.33. The van der Waals surface area contributed by atoms with Crippen molar-refractivity contribution in [3.8, 4) is 0 Å². The van der Waals surface area contributed by atoms with E-state index in [1.165, 1.54) is 25.7 Å². The molecule has 1 saturated carbocycles. The summed E-state index contributed by atoms with van der Waals surface area (Å²) >= 11 is 0. The lowest BCUT2D eigenvalue weighted by atomic mass is 10.1. The molecule has 1 aliphatic rings. The first-order valence-corrected chi connectivity index (χ1v) is 7.56. The smallest absolute Gasteiger partial charge is 0.244 e. The molecule has 1 fully saturated rings. The van der Waals surface area contributed by atoms with Crippen LogP contribution in [0.2, 0.25) is 0 Å². The summed E-state index contributed by atoms with van der Waals surface area (Å²) < 4.78 is 1.85. The zero-order valence-corrected chi connectivity index (χ0v) is 12.8. The van der Waals surface area contributed by atoms with Crippen LogP contribution >= 0.6 is 0 Å². The van der Waals surface area contributed by atoms with Gasteiger partial charge in [0.25, 0.3) is 0 Å². The lowest BCUT2D eigenvalue weighted by Gasteiger charge is -2.14. The average Bonchev–Trinajstić information content (AvgIpc) is 2.62. The summed E-state index contributed by atoms with van der Waals surface area (Å²) in [6.07, 6.45) is 10.8. The third-order valence-electron chi connectivity index (χ3n) is 4.17. The van der Waals surface area contributed by atoms with Gasteiger partial charge in [0.15, 0.2) is 0 Å². The Balaban J connectivity index is 1.94. The SMILES string of the molecule is Cc1nn(C)c(C)c1/C=C/C(=O)NC1CCCCCC1. The molecule has 1 amide bonds. The highest BCUT2D eigenvalue weighted by atomic mass is 16.1. The molecule has 0 radical (unpaired) electrons. The summed E-state index contributed by atoms with van der Waals surface area (Å²) in [4.78, 5) is 12.0. The highest BCUT2D eigenvalue weighted by Gasteiger charge is 2.13. The second kappa shape index (κ2) is 6.73. The van der Waals surface area contributed by atoms with E-state index in [1.807, 2.05) is 31.7 Å². The quantitative estimate of drug-likeness (QED) is 0.681. The van der Waals surface area contributed by atoms with E-state index in [2.05, 4.69) is 10.4 Å². The molecule has 1 heterocycles. The summed E-state index contributed by atoms with van der Waals surface area (Å²) in [6.45, 7) is 3.98. The molecular weight excluding hydrogens is 250 g/mol. The minimum atomic E-state index is 0.0135. The zero-order chi connectivity index (χ0) is 14.5. The Morgan fingerprint density at radius 1 is 1.25 bits per heavy atom. The molecule has 2 rings (SSSR count). The molecule has 20 heavy (non-hydrogen) atoms. The van der Waals surface area contributed by atoms with Crippen molar-refractivity contribution in [1.82, 2.24) is 15.1 Å². The van der Waals surface area contributed by atoms with Gasteiger partial charge in [0.2, 0.25) is 5.91 Å². The number of hydrogen-bond donors (Lipinski definition) is 1. The fraction of sp³-hybridized carbons (Fsp3) is 0.625.